The van der Waals surface area contributed by atoms with Crippen LogP contribution < -0.4 is 10.1 Å². The predicted octanol–water partition coefficient (Wildman–Crippen LogP) is 3.33. The molecule has 19 heavy (non-hydrogen) atoms. The number of anilines is 1. The standard InChI is InChI=1S/C12H10F3N3O/c1-16-8-2-4-9(5-3-8)19-11-7-6-10(17-18-11)12(13,14)15/h2-7,16H,1H3. The van der Waals surface area contributed by atoms with E-state index in [1.807, 2.05) is 0 Å². The van der Waals surface area contributed by atoms with E-state index in [1.54, 1.807) is 31.3 Å². The van der Waals surface area contributed by atoms with Gasteiger partial charge < -0.3 is 10.1 Å². The molecule has 0 atom stereocenters. The second kappa shape index (κ2) is 5.13. The minimum Gasteiger partial charge on any atom is -0.438 e. The molecule has 2 rings (SSSR count). The summed E-state index contributed by atoms with van der Waals surface area (Å²) in [4.78, 5) is 0. The van der Waals surface area contributed by atoms with E-state index in [4.69, 9.17) is 4.74 Å². The Morgan fingerprint density at radius 1 is 1.00 bits per heavy atom. The van der Waals surface area contributed by atoms with Crippen LogP contribution in [0.4, 0.5) is 18.9 Å². The zero-order valence-electron chi connectivity index (χ0n) is 9.90. The molecule has 0 amide bonds. The average molecular weight is 269 g/mol. The molecule has 1 N–H and O–H groups in total. The average Bonchev–Trinajstić information content (AvgIpc) is 2.39. The summed E-state index contributed by atoms with van der Waals surface area (Å²) < 4.78 is 42.1. The van der Waals surface area contributed by atoms with Crippen molar-refractivity contribution in [2.75, 3.05) is 12.4 Å². The molecular weight excluding hydrogens is 259 g/mol. The highest BCUT2D eigenvalue weighted by Crippen LogP contribution is 2.28. The smallest absolute Gasteiger partial charge is 0.435 e. The Labute approximate surface area is 107 Å². The van der Waals surface area contributed by atoms with Crippen molar-refractivity contribution in [3.8, 4) is 11.6 Å². The van der Waals surface area contributed by atoms with E-state index < -0.39 is 11.9 Å². The molecule has 7 heteroatoms. The maximum Gasteiger partial charge on any atom is 0.435 e. The molecule has 1 heterocycles. The summed E-state index contributed by atoms with van der Waals surface area (Å²) in [5.41, 5.74) is -0.156. The molecule has 4 nitrogen and oxygen atoms in total. The van der Waals surface area contributed by atoms with Gasteiger partial charge in [0.15, 0.2) is 5.69 Å². The maximum absolute atomic E-state index is 12.3. The SMILES string of the molecule is CNc1ccc(Oc2ccc(C(F)(F)F)nn2)cc1. The zero-order valence-corrected chi connectivity index (χ0v) is 9.90. The molecule has 1 aromatic carbocycles. The number of ether oxygens (including phenoxy) is 1. The quantitative estimate of drug-likeness (QED) is 0.928. The number of rotatable bonds is 3. The summed E-state index contributed by atoms with van der Waals surface area (Å²) in [6, 6.07) is 8.84. The van der Waals surface area contributed by atoms with Crippen LogP contribution in [0.15, 0.2) is 36.4 Å². The molecule has 0 spiro atoms. The molecule has 0 aliphatic carbocycles. The van der Waals surface area contributed by atoms with Crippen molar-refractivity contribution in [3.63, 3.8) is 0 Å². The van der Waals surface area contributed by atoms with Crippen LogP contribution in [-0.2, 0) is 6.18 Å². The van der Waals surface area contributed by atoms with Crippen molar-refractivity contribution in [2.24, 2.45) is 0 Å². The van der Waals surface area contributed by atoms with Crippen LogP contribution in [0.2, 0.25) is 0 Å². The van der Waals surface area contributed by atoms with Crippen LogP contribution in [0.3, 0.4) is 0 Å². The van der Waals surface area contributed by atoms with Gasteiger partial charge >= 0.3 is 6.18 Å². The number of nitrogens with zero attached hydrogens (tertiary/aromatic N) is 2. The molecule has 0 saturated carbocycles. The molecule has 2 aromatic rings. The summed E-state index contributed by atoms with van der Waals surface area (Å²) in [6.45, 7) is 0. The lowest BCUT2D eigenvalue weighted by atomic mass is 10.3. The lowest BCUT2D eigenvalue weighted by Gasteiger charge is -2.07. The van der Waals surface area contributed by atoms with Crippen molar-refractivity contribution in [1.82, 2.24) is 10.2 Å². The number of benzene rings is 1. The second-order valence-electron chi connectivity index (χ2n) is 3.63. The van der Waals surface area contributed by atoms with Gasteiger partial charge in [-0.1, -0.05) is 0 Å². The predicted molar refractivity (Wildman–Crippen MR) is 63.1 cm³/mol. The summed E-state index contributed by atoms with van der Waals surface area (Å²) in [5.74, 6) is 0.471. The van der Waals surface area contributed by atoms with Gasteiger partial charge in [-0.2, -0.15) is 13.2 Å². The maximum atomic E-state index is 12.3. The number of hydrogen-bond acceptors (Lipinski definition) is 4. The van der Waals surface area contributed by atoms with Gasteiger partial charge in [0, 0.05) is 18.8 Å². The Hall–Kier alpha value is -2.31. The monoisotopic (exact) mass is 269 g/mol. The lowest BCUT2D eigenvalue weighted by Crippen LogP contribution is -2.08. The van der Waals surface area contributed by atoms with Gasteiger partial charge in [0.2, 0.25) is 5.88 Å². The Morgan fingerprint density at radius 3 is 2.16 bits per heavy atom. The van der Waals surface area contributed by atoms with Crippen molar-refractivity contribution >= 4 is 5.69 Å². The fourth-order valence-electron chi connectivity index (χ4n) is 1.34. The van der Waals surface area contributed by atoms with Gasteiger partial charge in [-0.15, -0.1) is 10.2 Å². The normalized spacial score (nSPS) is 11.2. The highest BCUT2D eigenvalue weighted by atomic mass is 19.4. The molecule has 0 radical (unpaired) electrons. The molecule has 0 aliphatic rings. The van der Waals surface area contributed by atoms with Gasteiger partial charge in [-0.3, -0.25) is 0 Å². The van der Waals surface area contributed by atoms with Gasteiger partial charge in [-0.25, -0.2) is 0 Å². The van der Waals surface area contributed by atoms with Gasteiger partial charge in [0.25, 0.3) is 0 Å². The van der Waals surface area contributed by atoms with Crippen molar-refractivity contribution in [3.05, 3.63) is 42.1 Å². The van der Waals surface area contributed by atoms with E-state index in [1.165, 1.54) is 0 Å². The molecule has 100 valence electrons. The Morgan fingerprint density at radius 2 is 1.68 bits per heavy atom. The van der Waals surface area contributed by atoms with Crippen molar-refractivity contribution in [2.45, 2.75) is 6.18 Å². The van der Waals surface area contributed by atoms with E-state index in [0.717, 1.165) is 17.8 Å². The third kappa shape index (κ3) is 3.34. The second-order valence-corrected chi connectivity index (χ2v) is 3.63. The summed E-state index contributed by atoms with van der Waals surface area (Å²) >= 11 is 0. The molecule has 0 unspecified atom stereocenters. The molecule has 0 bridgehead atoms. The number of hydrogen-bond donors (Lipinski definition) is 1. The first-order chi connectivity index (χ1) is 8.99. The number of alkyl halides is 3. The van der Waals surface area contributed by atoms with E-state index in [-0.39, 0.29) is 5.88 Å². The van der Waals surface area contributed by atoms with Crippen LogP contribution in [0, 0.1) is 0 Å². The van der Waals surface area contributed by atoms with E-state index in [2.05, 4.69) is 15.5 Å². The first kappa shape index (κ1) is 13.1. The third-order valence-corrected chi connectivity index (χ3v) is 2.30. The van der Waals surface area contributed by atoms with Crippen LogP contribution >= 0.6 is 0 Å². The Bertz CT molecular complexity index is 538. The van der Waals surface area contributed by atoms with E-state index >= 15 is 0 Å². The number of nitrogens with one attached hydrogen (secondary N) is 1. The largest absolute Gasteiger partial charge is 0.438 e. The highest BCUT2D eigenvalue weighted by molar-refractivity contribution is 5.46. The number of halogens is 3. The lowest BCUT2D eigenvalue weighted by molar-refractivity contribution is -0.141. The van der Waals surface area contributed by atoms with Gasteiger partial charge in [0.1, 0.15) is 5.75 Å². The van der Waals surface area contributed by atoms with Gasteiger partial charge in [0.05, 0.1) is 0 Å². The molecule has 0 fully saturated rings. The van der Waals surface area contributed by atoms with Crippen LogP contribution in [0.5, 0.6) is 11.6 Å². The molecule has 1 aromatic heterocycles. The van der Waals surface area contributed by atoms with Crippen LogP contribution in [0.1, 0.15) is 5.69 Å². The summed E-state index contributed by atoms with van der Waals surface area (Å²) in [5, 5.41) is 9.38. The Balaban J connectivity index is 2.10. The minimum absolute atomic E-state index is 0.00482. The van der Waals surface area contributed by atoms with E-state index in [9.17, 15) is 13.2 Å². The zero-order chi connectivity index (χ0) is 13.9. The highest BCUT2D eigenvalue weighted by Gasteiger charge is 2.32. The molecular formula is C12H10F3N3O. The first-order valence-electron chi connectivity index (χ1n) is 5.35. The summed E-state index contributed by atoms with van der Waals surface area (Å²) in [6.07, 6.45) is -4.50. The van der Waals surface area contributed by atoms with Crippen molar-refractivity contribution in [1.29, 1.82) is 0 Å². The van der Waals surface area contributed by atoms with Gasteiger partial charge in [-0.05, 0) is 30.3 Å². The number of aromatic nitrogens is 2. The topological polar surface area (TPSA) is 47.0 Å². The fourth-order valence-corrected chi connectivity index (χ4v) is 1.34. The van der Waals surface area contributed by atoms with E-state index in [0.29, 0.717) is 5.75 Å². The summed E-state index contributed by atoms with van der Waals surface area (Å²) in [7, 11) is 1.78. The van der Waals surface area contributed by atoms with Crippen LogP contribution in [-0.4, -0.2) is 17.2 Å². The minimum atomic E-state index is -4.50. The van der Waals surface area contributed by atoms with Crippen LogP contribution in [0.25, 0.3) is 0 Å². The molecule has 0 aliphatic heterocycles. The Kier molecular flexibility index (Phi) is 3.55. The van der Waals surface area contributed by atoms with Crippen molar-refractivity contribution < 1.29 is 17.9 Å². The fraction of sp³-hybridized carbons (Fsp3) is 0.167. The third-order valence-electron chi connectivity index (χ3n) is 2.30. The molecule has 0 saturated heterocycles. The first-order valence-corrected chi connectivity index (χ1v) is 5.35.